The fourth-order valence-electron chi connectivity index (χ4n) is 2.35. The molecule has 3 rings (SSSR count). The molecule has 0 atom stereocenters. The number of para-hydroxylation sites is 1. The molecule has 3 aromatic rings. The highest BCUT2D eigenvalue weighted by Gasteiger charge is 2.11. The summed E-state index contributed by atoms with van der Waals surface area (Å²) in [6.45, 7) is 3.92. The van der Waals surface area contributed by atoms with E-state index < -0.39 is 5.95 Å². The summed E-state index contributed by atoms with van der Waals surface area (Å²) in [7, 11) is 0. The third-order valence-electron chi connectivity index (χ3n) is 3.61. The molecule has 0 spiro atoms. The van der Waals surface area contributed by atoms with Gasteiger partial charge in [-0.1, -0.05) is 24.3 Å². The van der Waals surface area contributed by atoms with Crippen molar-refractivity contribution < 1.29 is 13.9 Å². The van der Waals surface area contributed by atoms with E-state index in [1.54, 1.807) is 42.5 Å². The normalized spacial score (nSPS) is 10.4. The molecule has 1 amide bonds. The summed E-state index contributed by atoms with van der Waals surface area (Å²) < 4.78 is 19.3. The summed E-state index contributed by atoms with van der Waals surface area (Å²) >= 11 is 0. The van der Waals surface area contributed by atoms with Gasteiger partial charge in [0.15, 0.2) is 5.75 Å². The van der Waals surface area contributed by atoms with E-state index in [1.165, 1.54) is 0 Å². The second kappa shape index (κ2) is 7.57. The lowest BCUT2D eigenvalue weighted by atomic mass is 10.1. The number of nitrogens with one attached hydrogen (secondary N) is 1. The van der Waals surface area contributed by atoms with Crippen molar-refractivity contribution in [1.82, 2.24) is 4.98 Å². The molecule has 25 heavy (non-hydrogen) atoms. The number of ether oxygens (including phenoxy) is 1. The molecule has 1 N–H and O–H groups in total. The van der Waals surface area contributed by atoms with Gasteiger partial charge in [-0.15, -0.1) is 6.58 Å². The molecule has 0 aliphatic rings. The molecular weight excluding hydrogens is 319 g/mol. The van der Waals surface area contributed by atoms with Crippen molar-refractivity contribution in [3.63, 3.8) is 0 Å². The van der Waals surface area contributed by atoms with Gasteiger partial charge < -0.3 is 10.1 Å². The van der Waals surface area contributed by atoms with Crippen molar-refractivity contribution in [2.24, 2.45) is 0 Å². The number of nitrogens with zero attached hydrogens (tertiary/aromatic N) is 1. The summed E-state index contributed by atoms with van der Waals surface area (Å²) in [4.78, 5) is 16.3. The van der Waals surface area contributed by atoms with Crippen molar-refractivity contribution in [3.8, 4) is 5.75 Å². The maximum Gasteiger partial charge on any atom is 0.255 e. The van der Waals surface area contributed by atoms with E-state index >= 15 is 0 Å². The van der Waals surface area contributed by atoms with Crippen molar-refractivity contribution >= 4 is 22.5 Å². The van der Waals surface area contributed by atoms with Gasteiger partial charge in [-0.2, -0.15) is 4.39 Å². The van der Waals surface area contributed by atoms with E-state index in [0.717, 1.165) is 0 Å². The standard InChI is InChI=1S/C20H17FN2O2/c1-2-3-11-25-18-13-15-12-14(9-10-17(15)23-19(18)21)20(24)22-16-7-5-4-6-8-16/h2,4-10,12-13H,1,3,11H2,(H,22,24). The molecule has 0 fully saturated rings. The van der Waals surface area contributed by atoms with Gasteiger partial charge in [-0.05, 0) is 42.8 Å². The Balaban J connectivity index is 1.86. The molecule has 0 radical (unpaired) electrons. The molecule has 0 aliphatic heterocycles. The molecule has 5 heteroatoms. The Morgan fingerprint density at radius 2 is 2.00 bits per heavy atom. The number of carbonyl (C=O) groups is 1. The van der Waals surface area contributed by atoms with Crippen LogP contribution in [-0.4, -0.2) is 17.5 Å². The highest BCUT2D eigenvalue weighted by molar-refractivity contribution is 6.06. The monoisotopic (exact) mass is 336 g/mol. The largest absolute Gasteiger partial charge is 0.488 e. The number of fused-ring (bicyclic) bond motifs is 1. The SMILES string of the molecule is C=CCCOc1cc2cc(C(=O)Nc3ccccc3)ccc2nc1F. The van der Waals surface area contributed by atoms with E-state index in [0.29, 0.717) is 35.2 Å². The summed E-state index contributed by atoms with van der Waals surface area (Å²) in [5, 5.41) is 3.45. The number of benzene rings is 2. The van der Waals surface area contributed by atoms with Gasteiger partial charge in [0.05, 0.1) is 12.1 Å². The smallest absolute Gasteiger partial charge is 0.255 e. The second-order valence-electron chi connectivity index (χ2n) is 5.43. The molecule has 0 aliphatic carbocycles. The van der Waals surface area contributed by atoms with E-state index in [-0.39, 0.29) is 11.7 Å². The quantitative estimate of drug-likeness (QED) is 0.407. The van der Waals surface area contributed by atoms with E-state index in [4.69, 9.17) is 4.74 Å². The molecule has 0 saturated heterocycles. The first kappa shape index (κ1) is 16.6. The van der Waals surface area contributed by atoms with Crippen LogP contribution in [0.1, 0.15) is 16.8 Å². The number of hydrogen-bond acceptors (Lipinski definition) is 3. The first-order chi connectivity index (χ1) is 12.2. The van der Waals surface area contributed by atoms with Gasteiger partial charge in [0.25, 0.3) is 11.9 Å². The minimum atomic E-state index is -0.668. The molecular formula is C20H17FN2O2. The number of pyridine rings is 1. The minimum Gasteiger partial charge on any atom is -0.488 e. The Kier molecular flexibility index (Phi) is 5.04. The molecule has 4 nitrogen and oxygen atoms in total. The zero-order chi connectivity index (χ0) is 17.6. The zero-order valence-electron chi connectivity index (χ0n) is 13.5. The first-order valence-corrected chi connectivity index (χ1v) is 7.88. The molecule has 0 saturated carbocycles. The Bertz CT molecular complexity index is 910. The van der Waals surface area contributed by atoms with Crippen LogP contribution >= 0.6 is 0 Å². The number of rotatable bonds is 6. The summed E-state index contributed by atoms with van der Waals surface area (Å²) in [6, 6.07) is 15.6. The summed E-state index contributed by atoms with van der Waals surface area (Å²) in [6.07, 6.45) is 2.30. The Labute approximate surface area is 145 Å². The second-order valence-corrected chi connectivity index (χ2v) is 5.43. The van der Waals surface area contributed by atoms with Gasteiger partial charge in [0.1, 0.15) is 0 Å². The van der Waals surface area contributed by atoms with Gasteiger partial charge in [-0.3, -0.25) is 4.79 Å². The van der Waals surface area contributed by atoms with E-state index in [2.05, 4.69) is 16.9 Å². The maximum atomic E-state index is 14.0. The molecule has 1 aromatic heterocycles. The van der Waals surface area contributed by atoms with Gasteiger partial charge in [-0.25, -0.2) is 4.98 Å². The lowest BCUT2D eigenvalue weighted by Crippen LogP contribution is -2.11. The van der Waals surface area contributed by atoms with Gasteiger partial charge in [0, 0.05) is 16.6 Å². The maximum absolute atomic E-state index is 14.0. The number of hydrogen-bond donors (Lipinski definition) is 1. The molecule has 1 heterocycles. The summed E-state index contributed by atoms with van der Waals surface area (Å²) in [5.41, 5.74) is 1.63. The van der Waals surface area contributed by atoms with Gasteiger partial charge >= 0.3 is 0 Å². The van der Waals surface area contributed by atoms with E-state index in [9.17, 15) is 9.18 Å². The molecule has 126 valence electrons. The number of aromatic nitrogens is 1. The fourth-order valence-corrected chi connectivity index (χ4v) is 2.35. The third-order valence-corrected chi connectivity index (χ3v) is 3.61. The number of amides is 1. The molecule has 0 unspecified atom stereocenters. The van der Waals surface area contributed by atoms with Crippen LogP contribution in [-0.2, 0) is 0 Å². The first-order valence-electron chi connectivity index (χ1n) is 7.88. The molecule has 0 bridgehead atoms. The van der Waals surface area contributed by atoms with Crippen LogP contribution in [0.3, 0.4) is 0 Å². The van der Waals surface area contributed by atoms with E-state index in [1.807, 2.05) is 18.2 Å². The van der Waals surface area contributed by atoms with Crippen LogP contribution in [0.2, 0.25) is 0 Å². The average molecular weight is 336 g/mol. The Morgan fingerprint density at radius 3 is 2.76 bits per heavy atom. The number of halogens is 1. The predicted octanol–water partition coefficient (Wildman–Crippen LogP) is 4.58. The topological polar surface area (TPSA) is 51.2 Å². The predicted molar refractivity (Wildman–Crippen MR) is 96.4 cm³/mol. The number of carbonyl (C=O) groups excluding carboxylic acids is 1. The Hall–Kier alpha value is -3.21. The van der Waals surface area contributed by atoms with Crippen molar-refractivity contribution in [2.45, 2.75) is 6.42 Å². The Morgan fingerprint density at radius 1 is 1.20 bits per heavy atom. The fraction of sp³-hybridized carbons (Fsp3) is 0.100. The molecule has 2 aromatic carbocycles. The number of anilines is 1. The van der Waals surface area contributed by atoms with Gasteiger partial charge in [0.2, 0.25) is 0 Å². The highest BCUT2D eigenvalue weighted by atomic mass is 19.1. The minimum absolute atomic E-state index is 0.0648. The van der Waals surface area contributed by atoms with Crippen molar-refractivity contribution in [1.29, 1.82) is 0 Å². The average Bonchev–Trinajstić information content (AvgIpc) is 2.63. The third kappa shape index (κ3) is 4.01. The van der Waals surface area contributed by atoms with Crippen molar-refractivity contribution in [3.05, 3.63) is 78.8 Å². The zero-order valence-corrected chi connectivity index (χ0v) is 13.5. The lowest BCUT2D eigenvalue weighted by molar-refractivity contribution is 0.102. The van der Waals surface area contributed by atoms with Crippen LogP contribution in [0.4, 0.5) is 10.1 Å². The summed E-state index contributed by atoms with van der Waals surface area (Å²) in [5.74, 6) is -0.848. The van der Waals surface area contributed by atoms with Crippen LogP contribution in [0.15, 0.2) is 67.3 Å². The lowest BCUT2D eigenvalue weighted by Gasteiger charge is -2.09. The highest BCUT2D eigenvalue weighted by Crippen LogP contribution is 2.23. The van der Waals surface area contributed by atoms with Crippen LogP contribution in [0.5, 0.6) is 5.75 Å². The van der Waals surface area contributed by atoms with Crippen LogP contribution in [0.25, 0.3) is 10.9 Å². The van der Waals surface area contributed by atoms with Crippen molar-refractivity contribution in [2.75, 3.05) is 11.9 Å². The van der Waals surface area contributed by atoms with Crippen LogP contribution < -0.4 is 10.1 Å². The van der Waals surface area contributed by atoms with Crippen LogP contribution in [0, 0.1) is 5.95 Å².